The van der Waals surface area contributed by atoms with E-state index in [1.807, 2.05) is 4.90 Å². The lowest BCUT2D eigenvalue weighted by atomic mass is 9.54. The van der Waals surface area contributed by atoms with Gasteiger partial charge in [0.15, 0.2) is 5.78 Å². The van der Waals surface area contributed by atoms with E-state index < -0.39 is 5.41 Å². The molecule has 0 aromatic heterocycles. The zero-order valence-corrected chi connectivity index (χ0v) is 18.0. The number of carbonyl (C=O) groups is 2. The van der Waals surface area contributed by atoms with E-state index in [1.165, 1.54) is 11.1 Å². The number of fused-ring (bicyclic) bond motifs is 5. The van der Waals surface area contributed by atoms with Crippen molar-refractivity contribution in [2.45, 2.75) is 64.2 Å². The number of Topliss-reactive ketones (excluding diaryl/α,β-unsaturated/α-hetero) is 1. The summed E-state index contributed by atoms with van der Waals surface area (Å²) < 4.78 is 0. The van der Waals surface area contributed by atoms with Crippen molar-refractivity contribution in [3.63, 3.8) is 0 Å². The van der Waals surface area contributed by atoms with E-state index in [-0.39, 0.29) is 23.5 Å². The van der Waals surface area contributed by atoms with Crippen LogP contribution in [0.5, 0.6) is 0 Å². The smallest absolute Gasteiger partial charge is 0.222 e. The van der Waals surface area contributed by atoms with Gasteiger partial charge in [0.1, 0.15) is 0 Å². The van der Waals surface area contributed by atoms with Crippen LogP contribution >= 0.6 is 0 Å². The Morgan fingerprint density at radius 1 is 1.23 bits per heavy atom. The second-order valence-corrected chi connectivity index (χ2v) is 10.1. The van der Waals surface area contributed by atoms with Crippen molar-refractivity contribution in [3.8, 4) is 0 Å². The highest BCUT2D eigenvalue weighted by Gasteiger charge is 2.60. The third-order valence-corrected chi connectivity index (χ3v) is 8.77. The molecule has 0 bridgehead atoms. The van der Waals surface area contributed by atoms with Gasteiger partial charge in [-0.2, -0.15) is 0 Å². The van der Waals surface area contributed by atoms with Crippen molar-refractivity contribution in [3.05, 3.63) is 47.2 Å². The normalized spacial score (nSPS) is 36.5. The first-order chi connectivity index (χ1) is 14.5. The fraction of sp³-hybridized carbons (Fsp3) is 0.615. The number of nitrogens with zero attached hydrogens (tertiary/aromatic N) is 1. The summed E-state index contributed by atoms with van der Waals surface area (Å²) in [4.78, 5) is 28.1. The molecule has 0 radical (unpaired) electrons. The summed E-state index contributed by atoms with van der Waals surface area (Å²) in [6, 6.07) is 8.80. The van der Waals surface area contributed by atoms with E-state index in [0.29, 0.717) is 30.3 Å². The van der Waals surface area contributed by atoms with Gasteiger partial charge in [-0.1, -0.05) is 31.2 Å². The molecule has 0 spiro atoms. The monoisotopic (exact) mass is 407 g/mol. The third kappa shape index (κ3) is 2.94. The number of rotatable bonds is 3. The maximum Gasteiger partial charge on any atom is 0.222 e. The molecule has 1 saturated heterocycles. The van der Waals surface area contributed by atoms with Crippen molar-refractivity contribution in [2.75, 3.05) is 13.1 Å². The molecule has 30 heavy (non-hydrogen) atoms. The van der Waals surface area contributed by atoms with E-state index in [0.717, 1.165) is 57.9 Å². The zero-order chi connectivity index (χ0) is 20.9. The van der Waals surface area contributed by atoms with E-state index in [1.54, 1.807) is 0 Å². The summed E-state index contributed by atoms with van der Waals surface area (Å²) >= 11 is 0. The molecule has 4 nitrogen and oxygen atoms in total. The highest BCUT2D eigenvalue weighted by molar-refractivity contribution is 6.03. The molecule has 1 aromatic rings. The van der Waals surface area contributed by atoms with Gasteiger partial charge in [-0.15, -0.1) is 0 Å². The number of amides is 1. The summed E-state index contributed by atoms with van der Waals surface area (Å²) in [5, 5.41) is 10.0. The average Bonchev–Trinajstić information content (AvgIpc) is 3.37. The summed E-state index contributed by atoms with van der Waals surface area (Å²) in [5.41, 5.74) is 3.11. The van der Waals surface area contributed by atoms with Crippen molar-refractivity contribution in [1.29, 1.82) is 0 Å². The number of ketones is 1. The standard InChI is InChI=1S/C26H33NO3/c1-26-13-12-19-18-7-3-2-6-17(18)8-9-20(19)24(26)21(22(16-28)25(26)30)10-11-23(29)27-14-4-5-15-27/h2-3,6-7,16,19-21,24,28H,4-5,8-15H2,1H3/b22-16-/t19?,20?,21-,24?,26+/m1/s1. The quantitative estimate of drug-likeness (QED) is 0.579. The second-order valence-electron chi connectivity index (χ2n) is 10.1. The Morgan fingerprint density at radius 2 is 2.00 bits per heavy atom. The molecule has 4 heteroatoms. The number of aryl methyl sites for hydroxylation is 1. The van der Waals surface area contributed by atoms with Crippen LogP contribution in [0.15, 0.2) is 36.1 Å². The van der Waals surface area contributed by atoms with Gasteiger partial charge < -0.3 is 10.0 Å². The topological polar surface area (TPSA) is 57.6 Å². The minimum atomic E-state index is -0.399. The molecule has 3 aliphatic carbocycles. The number of carbonyl (C=O) groups excluding carboxylic acids is 2. The number of allylic oxidation sites excluding steroid dienone is 1. The predicted octanol–water partition coefficient (Wildman–Crippen LogP) is 4.79. The van der Waals surface area contributed by atoms with Crippen molar-refractivity contribution >= 4 is 11.7 Å². The fourth-order valence-electron chi connectivity index (χ4n) is 7.36. The predicted molar refractivity (Wildman–Crippen MR) is 116 cm³/mol. The Hall–Kier alpha value is -2.10. The van der Waals surface area contributed by atoms with Crippen LogP contribution in [-0.4, -0.2) is 34.8 Å². The van der Waals surface area contributed by atoms with Gasteiger partial charge in [0.25, 0.3) is 0 Å². The summed E-state index contributed by atoms with van der Waals surface area (Å²) in [6.45, 7) is 3.87. The largest absolute Gasteiger partial charge is 0.515 e. The van der Waals surface area contributed by atoms with E-state index in [2.05, 4.69) is 31.2 Å². The lowest BCUT2D eigenvalue weighted by Gasteiger charge is -2.49. The number of likely N-dealkylation sites (tertiary alicyclic amines) is 1. The first-order valence-electron chi connectivity index (χ1n) is 11.8. The molecule has 1 N–H and O–H groups in total. The van der Waals surface area contributed by atoms with Crippen LogP contribution in [0.1, 0.15) is 68.9 Å². The maximum atomic E-state index is 13.4. The fourth-order valence-corrected chi connectivity index (χ4v) is 7.36. The van der Waals surface area contributed by atoms with Crippen LogP contribution in [-0.2, 0) is 16.0 Å². The summed E-state index contributed by atoms with van der Waals surface area (Å²) in [6.07, 6.45) is 8.51. The Labute approximate surface area is 179 Å². The van der Waals surface area contributed by atoms with Gasteiger partial charge in [-0.3, -0.25) is 9.59 Å². The first kappa shape index (κ1) is 19.8. The highest BCUT2D eigenvalue weighted by atomic mass is 16.2. The van der Waals surface area contributed by atoms with Crippen LogP contribution in [0.2, 0.25) is 0 Å². The molecule has 5 atom stereocenters. The molecule has 3 unspecified atom stereocenters. The number of aliphatic hydroxyl groups excluding tert-OH is 1. The van der Waals surface area contributed by atoms with Gasteiger partial charge in [0.05, 0.1) is 6.26 Å². The van der Waals surface area contributed by atoms with Gasteiger partial charge >= 0.3 is 0 Å². The molecule has 4 aliphatic rings. The van der Waals surface area contributed by atoms with Gasteiger partial charge in [0, 0.05) is 30.5 Å². The van der Waals surface area contributed by atoms with Crippen LogP contribution in [0.25, 0.3) is 0 Å². The van der Waals surface area contributed by atoms with Crippen LogP contribution in [0.4, 0.5) is 0 Å². The zero-order valence-electron chi connectivity index (χ0n) is 18.0. The van der Waals surface area contributed by atoms with Gasteiger partial charge in [-0.05, 0) is 79.7 Å². The van der Waals surface area contributed by atoms with E-state index in [4.69, 9.17) is 0 Å². The summed E-state index contributed by atoms with van der Waals surface area (Å²) in [5.74, 6) is 1.51. The first-order valence-corrected chi connectivity index (χ1v) is 11.8. The minimum absolute atomic E-state index is 0.00267. The highest BCUT2D eigenvalue weighted by Crippen LogP contribution is 2.63. The molecule has 3 fully saturated rings. The van der Waals surface area contributed by atoms with E-state index in [9.17, 15) is 14.7 Å². The molecule has 160 valence electrons. The molecule has 1 aliphatic heterocycles. The van der Waals surface area contributed by atoms with Crippen LogP contribution < -0.4 is 0 Å². The molecular formula is C26H33NO3. The molecule has 1 aromatic carbocycles. The van der Waals surface area contributed by atoms with Crippen LogP contribution in [0.3, 0.4) is 0 Å². The van der Waals surface area contributed by atoms with Gasteiger partial charge in [-0.25, -0.2) is 0 Å². The number of hydrogen-bond acceptors (Lipinski definition) is 3. The van der Waals surface area contributed by atoms with Crippen LogP contribution in [0, 0.1) is 23.2 Å². The van der Waals surface area contributed by atoms with Crippen molar-refractivity contribution in [2.24, 2.45) is 23.2 Å². The minimum Gasteiger partial charge on any atom is -0.515 e. The average molecular weight is 408 g/mol. The molecule has 1 heterocycles. The number of aliphatic hydroxyl groups is 1. The lowest BCUT2D eigenvalue weighted by molar-refractivity contribution is -0.130. The molecule has 5 rings (SSSR count). The van der Waals surface area contributed by atoms with Crippen molar-refractivity contribution in [1.82, 2.24) is 4.90 Å². The third-order valence-electron chi connectivity index (χ3n) is 8.77. The molecule has 1 amide bonds. The molecule has 2 saturated carbocycles. The number of benzene rings is 1. The maximum absolute atomic E-state index is 13.4. The SMILES string of the molecule is C[C@]12CCC3c4ccccc4CCC3C1[C@H](CCC(=O)N1CCCC1)/C(=C/O)C2=O. The Balaban J connectivity index is 1.44. The van der Waals surface area contributed by atoms with Gasteiger partial charge in [0.2, 0.25) is 5.91 Å². The Morgan fingerprint density at radius 3 is 2.77 bits per heavy atom. The number of hydrogen-bond donors (Lipinski definition) is 1. The Bertz CT molecular complexity index is 884. The molecular weight excluding hydrogens is 374 g/mol. The Kier molecular flexibility index (Phi) is 4.99. The second kappa shape index (κ2) is 7.55. The van der Waals surface area contributed by atoms with Crippen molar-refractivity contribution < 1.29 is 14.7 Å². The lowest BCUT2D eigenvalue weighted by Crippen LogP contribution is -2.44. The summed E-state index contributed by atoms with van der Waals surface area (Å²) in [7, 11) is 0. The van der Waals surface area contributed by atoms with E-state index >= 15 is 0 Å².